The van der Waals surface area contributed by atoms with E-state index in [-0.39, 0.29) is 30.2 Å². The Morgan fingerprint density at radius 1 is 1.09 bits per heavy atom. The summed E-state index contributed by atoms with van der Waals surface area (Å²) in [5.74, 6) is -0.924. The largest absolute Gasteiger partial charge is 0.491 e. The minimum absolute atomic E-state index is 0.0443. The number of aromatic carboxylic acids is 1. The SMILES string of the molecule is O=C(CCOc1ccccc1Cl)Nc1ccccc1C(=O)O. The molecule has 1 amide bonds. The van der Waals surface area contributed by atoms with Gasteiger partial charge in [-0.2, -0.15) is 0 Å². The van der Waals surface area contributed by atoms with Crippen molar-refractivity contribution in [2.75, 3.05) is 11.9 Å². The van der Waals surface area contributed by atoms with Crippen molar-refractivity contribution in [3.8, 4) is 5.75 Å². The molecule has 22 heavy (non-hydrogen) atoms. The second-order valence-electron chi connectivity index (χ2n) is 4.43. The Balaban J connectivity index is 1.89. The van der Waals surface area contributed by atoms with Gasteiger partial charge in [-0.25, -0.2) is 4.79 Å². The number of halogens is 1. The zero-order valence-corrected chi connectivity index (χ0v) is 12.3. The predicted molar refractivity (Wildman–Crippen MR) is 83.6 cm³/mol. The Morgan fingerprint density at radius 2 is 1.77 bits per heavy atom. The molecule has 0 saturated carbocycles. The third-order valence-corrected chi connectivity index (χ3v) is 3.17. The van der Waals surface area contributed by atoms with E-state index in [2.05, 4.69) is 5.32 Å². The first-order valence-electron chi connectivity index (χ1n) is 6.57. The van der Waals surface area contributed by atoms with Gasteiger partial charge in [0.15, 0.2) is 0 Å². The van der Waals surface area contributed by atoms with Crippen LogP contribution in [0.2, 0.25) is 5.02 Å². The van der Waals surface area contributed by atoms with E-state index < -0.39 is 5.97 Å². The third-order valence-electron chi connectivity index (χ3n) is 2.85. The second-order valence-corrected chi connectivity index (χ2v) is 4.83. The van der Waals surface area contributed by atoms with Gasteiger partial charge in [-0.15, -0.1) is 0 Å². The summed E-state index contributed by atoms with van der Waals surface area (Å²) in [5.41, 5.74) is 0.306. The molecule has 114 valence electrons. The minimum Gasteiger partial charge on any atom is -0.491 e. The number of hydrogen-bond donors (Lipinski definition) is 2. The van der Waals surface area contributed by atoms with Crippen molar-refractivity contribution in [3.63, 3.8) is 0 Å². The van der Waals surface area contributed by atoms with E-state index >= 15 is 0 Å². The van der Waals surface area contributed by atoms with Gasteiger partial charge in [-0.1, -0.05) is 35.9 Å². The van der Waals surface area contributed by atoms with Gasteiger partial charge in [0.1, 0.15) is 5.75 Å². The topological polar surface area (TPSA) is 75.6 Å². The number of nitrogens with one attached hydrogen (secondary N) is 1. The standard InChI is InChI=1S/C16H14ClNO4/c17-12-6-2-4-8-14(12)22-10-9-15(19)18-13-7-3-1-5-11(13)16(20)21/h1-8H,9-10H2,(H,18,19)(H,20,21). The van der Waals surface area contributed by atoms with Crippen LogP contribution in [0.25, 0.3) is 0 Å². The highest BCUT2D eigenvalue weighted by Crippen LogP contribution is 2.23. The van der Waals surface area contributed by atoms with Gasteiger partial charge in [0.05, 0.1) is 29.3 Å². The summed E-state index contributed by atoms with van der Waals surface area (Å²) < 4.78 is 5.41. The highest BCUT2D eigenvalue weighted by atomic mass is 35.5. The first-order chi connectivity index (χ1) is 10.6. The van der Waals surface area contributed by atoms with Crippen LogP contribution >= 0.6 is 11.6 Å². The molecule has 5 nitrogen and oxygen atoms in total. The van der Waals surface area contributed by atoms with Crippen LogP contribution in [-0.2, 0) is 4.79 Å². The lowest BCUT2D eigenvalue weighted by Crippen LogP contribution is -2.17. The Morgan fingerprint density at radius 3 is 2.50 bits per heavy atom. The molecule has 2 aromatic rings. The Labute approximate surface area is 132 Å². The van der Waals surface area contributed by atoms with E-state index in [0.717, 1.165) is 0 Å². The van der Waals surface area contributed by atoms with Gasteiger partial charge >= 0.3 is 5.97 Å². The number of anilines is 1. The van der Waals surface area contributed by atoms with Gasteiger partial charge < -0.3 is 15.2 Å². The molecule has 0 radical (unpaired) electrons. The molecule has 0 aliphatic heterocycles. The smallest absolute Gasteiger partial charge is 0.337 e. The fraction of sp³-hybridized carbons (Fsp3) is 0.125. The van der Waals surface area contributed by atoms with E-state index in [1.807, 2.05) is 0 Å². The first-order valence-corrected chi connectivity index (χ1v) is 6.95. The van der Waals surface area contributed by atoms with Gasteiger partial charge in [-0.05, 0) is 24.3 Å². The van der Waals surface area contributed by atoms with Gasteiger partial charge in [0, 0.05) is 0 Å². The molecule has 2 N–H and O–H groups in total. The molecule has 0 unspecified atom stereocenters. The van der Waals surface area contributed by atoms with Crippen LogP contribution in [0.4, 0.5) is 5.69 Å². The number of para-hydroxylation sites is 2. The zero-order valence-electron chi connectivity index (χ0n) is 11.6. The number of carboxylic acids is 1. The molecule has 0 saturated heterocycles. The van der Waals surface area contributed by atoms with Crippen molar-refractivity contribution in [3.05, 3.63) is 59.1 Å². The molecule has 0 aliphatic carbocycles. The fourth-order valence-electron chi connectivity index (χ4n) is 1.81. The Kier molecular flexibility index (Phi) is 5.38. The number of hydrogen-bond acceptors (Lipinski definition) is 3. The molecular formula is C16H14ClNO4. The number of rotatable bonds is 6. The average Bonchev–Trinajstić information content (AvgIpc) is 2.49. The van der Waals surface area contributed by atoms with Crippen molar-refractivity contribution < 1.29 is 19.4 Å². The van der Waals surface area contributed by atoms with Crippen molar-refractivity contribution >= 4 is 29.2 Å². The van der Waals surface area contributed by atoms with Crippen molar-refractivity contribution in [1.29, 1.82) is 0 Å². The number of benzene rings is 2. The molecule has 0 bridgehead atoms. The van der Waals surface area contributed by atoms with E-state index in [9.17, 15) is 9.59 Å². The zero-order chi connectivity index (χ0) is 15.9. The average molecular weight is 320 g/mol. The normalized spacial score (nSPS) is 10.0. The third kappa shape index (κ3) is 4.23. The quantitative estimate of drug-likeness (QED) is 0.855. The number of carboxylic acid groups (broad SMARTS) is 1. The van der Waals surface area contributed by atoms with Crippen LogP contribution in [0.3, 0.4) is 0 Å². The summed E-state index contributed by atoms with van der Waals surface area (Å²) in [4.78, 5) is 22.9. The monoisotopic (exact) mass is 319 g/mol. The summed E-state index contributed by atoms with van der Waals surface area (Å²) in [7, 11) is 0. The minimum atomic E-state index is -1.09. The molecule has 2 rings (SSSR count). The van der Waals surface area contributed by atoms with Crippen LogP contribution in [0.5, 0.6) is 5.75 Å². The van der Waals surface area contributed by atoms with Crippen molar-refractivity contribution in [2.24, 2.45) is 0 Å². The van der Waals surface area contributed by atoms with Crippen molar-refractivity contribution in [1.82, 2.24) is 0 Å². The molecule has 2 aromatic carbocycles. The first kappa shape index (κ1) is 15.9. The number of carbonyl (C=O) groups excluding carboxylic acids is 1. The summed E-state index contributed by atoms with van der Waals surface area (Å²) in [6, 6.07) is 13.2. The molecule has 0 fully saturated rings. The summed E-state index contributed by atoms with van der Waals surface area (Å²) >= 11 is 5.93. The van der Waals surface area contributed by atoms with Crippen LogP contribution in [0.15, 0.2) is 48.5 Å². The van der Waals surface area contributed by atoms with Crippen molar-refractivity contribution in [2.45, 2.75) is 6.42 Å². The molecule has 0 spiro atoms. The van der Waals surface area contributed by atoms with E-state index in [0.29, 0.717) is 10.8 Å². The lowest BCUT2D eigenvalue weighted by molar-refractivity contribution is -0.116. The van der Waals surface area contributed by atoms with Crippen LogP contribution in [0.1, 0.15) is 16.8 Å². The summed E-state index contributed by atoms with van der Waals surface area (Å²) in [6.07, 6.45) is 0.0825. The van der Waals surface area contributed by atoms with Gasteiger partial charge in [-0.3, -0.25) is 4.79 Å². The fourth-order valence-corrected chi connectivity index (χ4v) is 2.00. The molecule has 0 heterocycles. The maximum Gasteiger partial charge on any atom is 0.337 e. The van der Waals surface area contributed by atoms with E-state index in [4.69, 9.17) is 21.4 Å². The number of carbonyl (C=O) groups is 2. The Bertz CT molecular complexity index is 687. The molecule has 6 heteroatoms. The lowest BCUT2D eigenvalue weighted by atomic mass is 10.2. The number of amides is 1. The molecule has 0 atom stereocenters. The maximum absolute atomic E-state index is 11.8. The molecular weight excluding hydrogens is 306 g/mol. The number of ether oxygens (including phenoxy) is 1. The van der Waals surface area contributed by atoms with Crippen LogP contribution in [-0.4, -0.2) is 23.6 Å². The van der Waals surface area contributed by atoms with E-state index in [1.54, 1.807) is 36.4 Å². The van der Waals surface area contributed by atoms with Gasteiger partial charge in [0.2, 0.25) is 5.91 Å². The van der Waals surface area contributed by atoms with Crippen LogP contribution in [0, 0.1) is 0 Å². The summed E-state index contributed by atoms with van der Waals surface area (Å²) in [6.45, 7) is 0.144. The van der Waals surface area contributed by atoms with Gasteiger partial charge in [0.25, 0.3) is 0 Å². The summed E-state index contributed by atoms with van der Waals surface area (Å²) in [5, 5.41) is 12.1. The highest BCUT2D eigenvalue weighted by Gasteiger charge is 2.11. The highest BCUT2D eigenvalue weighted by molar-refractivity contribution is 6.32. The molecule has 0 aliphatic rings. The second kappa shape index (κ2) is 7.47. The predicted octanol–water partition coefficient (Wildman–Crippen LogP) is 3.45. The molecule has 0 aromatic heterocycles. The lowest BCUT2D eigenvalue weighted by Gasteiger charge is -2.10. The van der Waals surface area contributed by atoms with Crippen LogP contribution < -0.4 is 10.1 Å². The Hall–Kier alpha value is -2.53. The maximum atomic E-state index is 11.8. The van der Waals surface area contributed by atoms with E-state index in [1.165, 1.54) is 12.1 Å².